The second kappa shape index (κ2) is 6.35. The predicted octanol–water partition coefficient (Wildman–Crippen LogP) is 3.44. The molecular weight excluding hydrogens is 281 g/mol. The summed E-state index contributed by atoms with van der Waals surface area (Å²) in [5.41, 5.74) is 5.78. The van der Waals surface area contributed by atoms with E-state index in [1.54, 1.807) is 12.3 Å². The highest BCUT2D eigenvalue weighted by Gasteiger charge is 2.15. The number of hydrazine groups is 1. The van der Waals surface area contributed by atoms with Crippen LogP contribution in [0.15, 0.2) is 36.5 Å². The first-order chi connectivity index (χ1) is 9.13. The van der Waals surface area contributed by atoms with E-state index >= 15 is 0 Å². The van der Waals surface area contributed by atoms with Gasteiger partial charge in [0, 0.05) is 11.9 Å². The van der Waals surface area contributed by atoms with E-state index in [-0.39, 0.29) is 6.04 Å². The quantitative estimate of drug-likeness (QED) is 0.671. The van der Waals surface area contributed by atoms with Gasteiger partial charge >= 0.3 is 0 Å². The molecule has 2 aromatic rings. The molecule has 0 radical (unpaired) electrons. The molecule has 0 aliphatic carbocycles. The maximum Gasteiger partial charge on any atom is 0.0624 e. The maximum absolute atomic E-state index is 6.21. The van der Waals surface area contributed by atoms with Crippen LogP contribution in [0.5, 0.6) is 0 Å². The zero-order valence-electron chi connectivity index (χ0n) is 10.5. The summed E-state index contributed by atoms with van der Waals surface area (Å²) in [5.74, 6) is 5.66. The average molecular weight is 296 g/mol. The Bertz CT molecular complexity index is 572. The summed E-state index contributed by atoms with van der Waals surface area (Å²) in [6.45, 7) is 1.96. The number of nitrogens with two attached hydrogens (primary N) is 1. The first-order valence-corrected chi connectivity index (χ1v) is 6.69. The molecule has 0 aliphatic rings. The van der Waals surface area contributed by atoms with Crippen LogP contribution in [0, 0.1) is 6.92 Å². The molecule has 0 bridgehead atoms. The Hall–Kier alpha value is -1.13. The number of nitrogens with one attached hydrogen (secondary N) is 1. The second-order valence-electron chi connectivity index (χ2n) is 4.31. The number of pyridine rings is 1. The second-order valence-corrected chi connectivity index (χ2v) is 5.10. The largest absolute Gasteiger partial charge is 0.271 e. The number of rotatable bonds is 4. The number of nitrogens with zero attached hydrogens (tertiary/aromatic N) is 1. The lowest BCUT2D eigenvalue weighted by Gasteiger charge is -2.18. The summed E-state index contributed by atoms with van der Waals surface area (Å²) in [6, 6.07) is 9.45. The van der Waals surface area contributed by atoms with Gasteiger partial charge in [-0.1, -0.05) is 41.4 Å². The van der Waals surface area contributed by atoms with Crippen molar-refractivity contribution in [2.75, 3.05) is 0 Å². The third kappa shape index (κ3) is 3.25. The van der Waals surface area contributed by atoms with Gasteiger partial charge in [0.1, 0.15) is 0 Å². The SMILES string of the molecule is Cc1ncccc1C(Cc1cccc(Cl)c1Cl)NN. The molecule has 2 rings (SSSR count). The molecule has 0 spiro atoms. The zero-order valence-corrected chi connectivity index (χ0v) is 12.0. The van der Waals surface area contributed by atoms with E-state index in [1.165, 1.54) is 0 Å². The summed E-state index contributed by atoms with van der Waals surface area (Å²) >= 11 is 12.2. The number of benzene rings is 1. The Kier molecular flexibility index (Phi) is 4.77. The van der Waals surface area contributed by atoms with Crippen LogP contribution in [-0.4, -0.2) is 4.98 Å². The summed E-state index contributed by atoms with van der Waals surface area (Å²) in [5, 5.41) is 1.13. The van der Waals surface area contributed by atoms with Crippen LogP contribution in [0.2, 0.25) is 10.0 Å². The van der Waals surface area contributed by atoms with Gasteiger partial charge in [0.15, 0.2) is 0 Å². The minimum absolute atomic E-state index is 0.0512. The molecule has 3 N–H and O–H groups in total. The van der Waals surface area contributed by atoms with Gasteiger partial charge < -0.3 is 0 Å². The third-order valence-corrected chi connectivity index (χ3v) is 3.94. The van der Waals surface area contributed by atoms with Crippen molar-refractivity contribution in [1.29, 1.82) is 0 Å². The van der Waals surface area contributed by atoms with E-state index in [0.717, 1.165) is 16.8 Å². The van der Waals surface area contributed by atoms with E-state index < -0.39 is 0 Å². The van der Waals surface area contributed by atoms with Gasteiger partial charge in [-0.25, -0.2) is 0 Å². The fraction of sp³-hybridized carbons (Fsp3) is 0.214. The first kappa shape index (κ1) is 14.3. The first-order valence-electron chi connectivity index (χ1n) is 5.94. The molecule has 1 unspecified atom stereocenters. The van der Waals surface area contributed by atoms with E-state index in [9.17, 15) is 0 Å². The highest BCUT2D eigenvalue weighted by atomic mass is 35.5. The maximum atomic E-state index is 6.21. The zero-order chi connectivity index (χ0) is 13.8. The van der Waals surface area contributed by atoms with Crippen LogP contribution in [0.4, 0.5) is 0 Å². The van der Waals surface area contributed by atoms with E-state index in [1.807, 2.05) is 31.2 Å². The highest BCUT2D eigenvalue weighted by molar-refractivity contribution is 6.42. The average Bonchev–Trinajstić information content (AvgIpc) is 2.41. The highest BCUT2D eigenvalue weighted by Crippen LogP contribution is 2.29. The molecule has 1 heterocycles. The van der Waals surface area contributed by atoms with Gasteiger partial charge in [-0.05, 0) is 36.6 Å². The normalized spacial score (nSPS) is 12.4. The summed E-state index contributed by atoms with van der Waals surface area (Å²) in [4.78, 5) is 4.27. The van der Waals surface area contributed by atoms with Crippen molar-refractivity contribution in [2.45, 2.75) is 19.4 Å². The smallest absolute Gasteiger partial charge is 0.0624 e. The van der Waals surface area contributed by atoms with Crippen LogP contribution in [0.1, 0.15) is 22.9 Å². The van der Waals surface area contributed by atoms with Crippen molar-refractivity contribution in [1.82, 2.24) is 10.4 Å². The standard InChI is InChI=1S/C14H15Cl2N3/c1-9-11(5-3-7-18-9)13(19-17)8-10-4-2-6-12(15)14(10)16/h2-7,13,19H,8,17H2,1H3. The Morgan fingerprint density at radius 2 is 2.05 bits per heavy atom. The molecule has 1 atom stereocenters. The molecule has 0 fully saturated rings. The molecule has 3 nitrogen and oxygen atoms in total. The molecule has 5 heteroatoms. The van der Waals surface area contributed by atoms with Gasteiger partial charge in [-0.15, -0.1) is 0 Å². The Morgan fingerprint density at radius 1 is 1.26 bits per heavy atom. The molecule has 0 saturated heterocycles. The fourth-order valence-electron chi connectivity index (χ4n) is 2.05. The Labute approximate surface area is 122 Å². The Morgan fingerprint density at radius 3 is 2.74 bits per heavy atom. The lowest BCUT2D eigenvalue weighted by atomic mass is 9.98. The molecule has 19 heavy (non-hydrogen) atoms. The van der Waals surface area contributed by atoms with Crippen molar-refractivity contribution in [3.63, 3.8) is 0 Å². The summed E-state index contributed by atoms with van der Waals surface area (Å²) < 4.78 is 0. The molecule has 1 aromatic carbocycles. The number of hydrogen-bond donors (Lipinski definition) is 2. The summed E-state index contributed by atoms with van der Waals surface area (Å²) in [6.07, 6.45) is 2.42. The monoisotopic (exact) mass is 295 g/mol. The van der Waals surface area contributed by atoms with Gasteiger partial charge in [0.2, 0.25) is 0 Å². The topological polar surface area (TPSA) is 50.9 Å². The number of aromatic nitrogens is 1. The lowest BCUT2D eigenvalue weighted by molar-refractivity contribution is 0.547. The van der Waals surface area contributed by atoms with Gasteiger partial charge in [-0.3, -0.25) is 16.3 Å². The predicted molar refractivity (Wildman–Crippen MR) is 79.2 cm³/mol. The van der Waals surface area contributed by atoms with Crippen LogP contribution < -0.4 is 11.3 Å². The molecule has 100 valence electrons. The minimum atomic E-state index is -0.0512. The number of halogens is 2. The van der Waals surface area contributed by atoms with Crippen molar-refractivity contribution >= 4 is 23.2 Å². The molecule has 0 amide bonds. The van der Waals surface area contributed by atoms with Gasteiger partial charge in [0.25, 0.3) is 0 Å². The van der Waals surface area contributed by atoms with E-state index in [4.69, 9.17) is 29.0 Å². The molecule has 0 aliphatic heterocycles. The minimum Gasteiger partial charge on any atom is -0.271 e. The third-order valence-electron chi connectivity index (χ3n) is 3.08. The van der Waals surface area contributed by atoms with Crippen molar-refractivity contribution in [3.05, 3.63) is 63.4 Å². The van der Waals surface area contributed by atoms with Crippen LogP contribution >= 0.6 is 23.2 Å². The molecular formula is C14H15Cl2N3. The van der Waals surface area contributed by atoms with Gasteiger partial charge in [0.05, 0.1) is 16.1 Å². The van der Waals surface area contributed by atoms with Crippen LogP contribution in [-0.2, 0) is 6.42 Å². The van der Waals surface area contributed by atoms with E-state index in [0.29, 0.717) is 16.5 Å². The van der Waals surface area contributed by atoms with Crippen LogP contribution in [0.3, 0.4) is 0 Å². The van der Waals surface area contributed by atoms with E-state index in [2.05, 4.69) is 10.4 Å². The fourth-order valence-corrected chi connectivity index (χ4v) is 2.45. The van der Waals surface area contributed by atoms with Crippen LogP contribution in [0.25, 0.3) is 0 Å². The van der Waals surface area contributed by atoms with Crippen molar-refractivity contribution in [3.8, 4) is 0 Å². The van der Waals surface area contributed by atoms with Crippen molar-refractivity contribution < 1.29 is 0 Å². The lowest BCUT2D eigenvalue weighted by Crippen LogP contribution is -2.30. The molecule has 1 aromatic heterocycles. The number of aryl methyl sites for hydroxylation is 1. The Balaban J connectivity index is 2.30. The number of hydrogen-bond acceptors (Lipinski definition) is 3. The van der Waals surface area contributed by atoms with Crippen molar-refractivity contribution in [2.24, 2.45) is 5.84 Å². The summed E-state index contributed by atoms with van der Waals surface area (Å²) in [7, 11) is 0. The molecule has 0 saturated carbocycles. The van der Waals surface area contributed by atoms with Gasteiger partial charge in [-0.2, -0.15) is 0 Å².